The molecule has 0 aromatic rings. The van der Waals surface area contributed by atoms with E-state index in [9.17, 15) is 0 Å². The van der Waals surface area contributed by atoms with Gasteiger partial charge in [-0.05, 0) is 20.8 Å². The molecule has 0 aliphatic rings. The van der Waals surface area contributed by atoms with Crippen LogP contribution in [0.4, 0.5) is 0 Å². The molecule has 0 radical (unpaired) electrons. The number of rotatable bonds is 4. The lowest BCUT2D eigenvalue weighted by atomic mass is 10.2. The van der Waals surface area contributed by atoms with Crippen LogP contribution in [-0.4, -0.2) is 35.0 Å². The lowest BCUT2D eigenvalue weighted by Crippen LogP contribution is -2.39. The minimum absolute atomic E-state index is 0.0506. The van der Waals surface area contributed by atoms with Crippen LogP contribution in [0.5, 0.6) is 0 Å². The summed E-state index contributed by atoms with van der Waals surface area (Å²) in [6.07, 6.45) is -0.708. The van der Waals surface area contributed by atoms with Gasteiger partial charge in [0, 0.05) is 12.6 Å². The molecule has 0 rings (SSSR count). The molecule has 62 valence electrons. The molecule has 0 aliphatic heterocycles. The van der Waals surface area contributed by atoms with Crippen LogP contribution in [-0.2, 0) is 0 Å². The van der Waals surface area contributed by atoms with Crippen LogP contribution in [0, 0.1) is 0 Å². The van der Waals surface area contributed by atoms with E-state index >= 15 is 0 Å². The van der Waals surface area contributed by atoms with Crippen molar-refractivity contribution in [2.75, 3.05) is 6.54 Å². The lowest BCUT2D eigenvalue weighted by molar-refractivity contribution is 0.134. The Labute approximate surface area is 62.1 Å². The Morgan fingerprint density at radius 2 is 1.70 bits per heavy atom. The fourth-order valence-electron chi connectivity index (χ4n) is 0.527. The van der Waals surface area contributed by atoms with E-state index in [1.807, 2.05) is 6.92 Å². The standard InChI is InChI=1S/C7H17NO2/c1-5(9)4-8-6(2)7(3)10/h5-10H,4H2,1-3H3. The van der Waals surface area contributed by atoms with E-state index in [0.29, 0.717) is 6.54 Å². The Kier molecular flexibility index (Phi) is 4.60. The van der Waals surface area contributed by atoms with Crippen LogP contribution >= 0.6 is 0 Å². The summed E-state index contributed by atoms with van der Waals surface area (Å²) >= 11 is 0. The number of hydrogen-bond donors (Lipinski definition) is 3. The molecular weight excluding hydrogens is 130 g/mol. The van der Waals surface area contributed by atoms with E-state index in [-0.39, 0.29) is 18.2 Å². The van der Waals surface area contributed by atoms with Gasteiger partial charge in [-0.2, -0.15) is 0 Å². The quantitative estimate of drug-likeness (QED) is 0.513. The molecule has 3 atom stereocenters. The molecule has 3 nitrogen and oxygen atoms in total. The second-order valence-corrected chi connectivity index (χ2v) is 2.79. The van der Waals surface area contributed by atoms with Gasteiger partial charge in [-0.15, -0.1) is 0 Å². The molecular formula is C7H17NO2. The SMILES string of the molecule is CC(O)CNC(C)C(C)O. The second kappa shape index (κ2) is 4.66. The molecule has 0 amide bonds. The van der Waals surface area contributed by atoms with Gasteiger partial charge in [-0.25, -0.2) is 0 Å². The van der Waals surface area contributed by atoms with Crippen LogP contribution < -0.4 is 5.32 Å². The van der Waals surface area contributed by atoms with Crippen molar-refractivity contribution >= 4 is 0 Å². The van der Waals surface area contributed by atoms with E-state index in [0.717, 1.165) is 0 Å². The van der Waals surface area contributed by atoms with E-state index in [2.05, 4.69) is 5.32 Å². The van der Waals surface area contributed by atoms with Crippen LogP contribution in [0.3, 0.4) is 0 Å². The van der Waals surface area contributed by atoms with Gasteiger partial charge in [-0.1, -0.05) is 0 Å². The van der Waals surface area contributed by atoms with Crippen molar-refractivity contribution < 1.29 is 10.2 Å². The Morgan fingerprint density at radius 1 is 1.20 bits per heavy atom. The molecule has 0 aromatic heterocycles. The highest BCUT2D eigenvalue weighted by atomic mass is 16.3. The minimum atomic E-state index is -0.362. The third-order valence-electron chi connectivity index (χ3n) is 1.46. The molecule has 10 heavy (non-hydrogen) atoms. The Hall–Kier alpha value is -0.120. The average Bonchev–Trinajstić information content (AvgIpc) is 1.82. The first-order valence-corrected chi connectivity index (χ1v) is 3.63. The van der Waals surface area contributed by atoms with Gasteiger partial charge in [0.2, 0.25) is 0 Å². The van der Waals surface area contributed by atoms with Crippen LogP contribution in [0.25, 0.3) is 0 Å². The van der Waals surface area contributed by atoms with Crippen molar-refractivity contribution in [1.82, 2.24) is 5.32 Å². The topological polar surface area (TPSA) is 52.5 Å². The number of nitrogens with one attached hydrogen (secondary N) is 1. The first kappa shape index (κ1) is 9.88. The predicted molar refractivity (Wildman–Crippen MR) is 40.8 cm³/mol. The second-order valence-electron chi connectivity index (χ2n) is 2.79. The lowest BCUT2D eigenvalue weighted by Gasteiger charge is -2.17. The van der Waals surface area contributed by atoms with Crippen LogP contribution in [0.1, 0.15) is 20.8 Å². The van der Waals surface area contributed by atoms with Gasteiger partial charge >= 0.3 is 0 Å². The van der Waals surface area contributed by atoms with Gasteiger partial charge in [-0.3, -0.25) is 0 Å². The predicted octanol–water partition coefficient (Wildman–Crippen LogP) is -0.274. The number of aliphatic hydroxyl groups excluding tert-OH is 2. The summed E-state index contributed by atoms with van der Waals surface area (Å²) in [4.78, 5) is 0. The maximum atomic E-state index is 8.99. The van der Waals surface area contributed by atoms with Gasteiger partial charge in [0.05, 0.1) is 12.2 Å². The summed E-state index contributed by atoms with van der Waals surface area (Å²) in [5.41, 5.74) is 0. The van der Waals surface area contributed by atoms with Crippen LogP contribution in [0.15, 0.2) is 0 Å². The van der Waals surface area contributed by atoms with Gasteiger partial charge in [0.1, 0.15) is 0 Å². The summed E-state index contributed by atoms with van der Waals surface area (Å²) in [6.45, 7) is 5.85. The Balaban J connectivity index is 3.30. The summed E-state index contributed by atoms with van der Waals surface area (Å²) < 4.78 is 0. The first-order chi connectivity index (χ1) is 4.54. The molecule has 0 heterocycles. The molecule has 0 saturated heterocycles. The van der Waals surface area contributed by atoms with E-state index in [1.165, 1.54) is 0 Å². The third kappa shape index (κ3) is 4.73. The van der Waals surface area contributed by atoms with Crippen molar-refractivity contribution in [3.63, 3.8) is 0 Å². The van der Waals surface area contributed by atoms with E-state index < -0.39 is 0 Å². The Morgan fingerprint density at radius 3 is 2.00 bits per heavy atom. The fourth-order valence-corrected chi connectivity index (χ4v) is 0.527. The van der Waals surface area contributed by atoms with E-state index in [4.69, 9.17) is 10.2 Å². The highest BCUT2D eigenvalue weighted by Gasteiger charge is 2.07. The monoisotopic (exact) mass is 147 g/mol. The molecule has 0 aromatic carbocycles. The largest absolute Gasteiger partial charge is 0.392 e. The summed E-state index contributed by atoms with van der Waals surface area (Å²) in [5, 5.41) is 20.8. The smallest absolute Gasteiger partial charge is 0.0662 e. The maximum Gasteiger partial charge on any atom is 0.0662 e. The normalized spacial score (nSPS) is 20.1. The Bertz CT molecular complexity index is 83.7. The van der Waals surface area contributed by atoms with Crippen molar-refractivity contribution in [2.24, 2.45) is 0 Å². The average molecular weight is 147 g/mol. The molecule has 0 aliphatic carbocycles. The van der Waals surface area contributed by atoms with Crippen molar-refractivity contribution in [3.05, 3.63) is 0 Å². The van der Waals surface area contributed by atoms with Crippen LogP contribution in [0.2, 0.25) is 0 Å². The number of aliphatic hydroxyl groups is 2. The highest BCUT2D eigenvalue weighted by molar-refractivity contribution is 4.67. The molecule has 0 bridgehead atoms. The minimum Gasteiger partial charge on any atom is -0.392 e. The molecule has 3 N–H and O–H groups in total. The zero-order chi connectivity index (χ0) is 8.15. The van der Waals surface area contributed by atoms with Gasteiger partial charge in [0.15, 0.2) is 0 Å². The molecule has 3 heteroatoms. The fraction of sp³-hybridized carbons (Fsp3) is 1.00. The van der Waals surface area contributed by atoms with Crippen molar-refractivity contribution in [3.8, 4) is 0 Å². The van der Waals surface area contributed by atoms with Gasteiger partial charge < -0.3 is 15.5 Å². The molecule has 0 saturated carbocycles. The zero-order valence-corrected chi connectivity index (χ0v) is 6.83. The summed E-state index contributed by atoms with van der Waals surface area (Å²) in [5.74, 6) is 0. The molecule has 0 fully saturated rings. The van der Waals surface area contributed by atoms with E-state index in [1.54, 1.807) is 13.8 Å². The highest BCUT2D eigenvalue weighted by Crippen LogP contribution is 1.89. The van der Waals surface area contributed by atoms with Gasteiger partial charge in [0.25, 0.3) is 0 Å². The first-order valence-electron chi connectivity index (χ1n) is 3.63. The summed E-state index contributed by atoms with van der Waals surface area (Å²) in [6, 6.07) is 0.0506. The zero-order valence-electron chi connectivity index (χ0n) is 6.83. The maximum absolute atomic E-state index is 8.99. The summed E-state index contributed by atoms with van der Waals surface area (Å²) in [7, 11) is 0. The number of hydrogen-bond acceptors (Lipinski definition) is 3. The van der Waals surface area contributed by atoms with Crippen molar-refractivity contribution in [1.29, 1.82) is 0 Å². The third-order valence-corrected chi connectivity index (χ3v) is 1.46. The van der Waals surface area contributed by atoms with Crippen molar-refractivity contribution in [2.45, 2.75) is 39.0 Å². The molecule has 0 spiro atoms. The molecule has 3 unspecified atom stereocenters.